The molecular weight excluding hydrogens is 167 g/mol. The highest BCUT2D eigenvalue weighted by atomic mass is 16.4. The van der Waals surface area contributed by atoms with Gasteiger partial charge >= 0.3 is 7.12 Å². The zero-order valence-corrected chi connectivity index (χ0v) is 7.82. The fourth-order valence-corrected chi connectivity index (χ4v) is 2.60. The number of aliphatic hydroxyl groups is 1. The van der Waals surface area contributed by atoms with Gasteiger partial charge in [-0.05, 0) is 43.8 Å². The summed E-state index contributed by atoms with van der Waals surface area (Å²) in [5, 5.41) is 27.2. The normalized spacial score (nSPS) is 42.7. The molecule has 2 fully saturated rings. The van der Waals surface area contributed by atoms with E-state index in [1.165, 1.54) is 0 Å². The van der Waals surface area contributed by atoms with Crippen LogP contribution in [0.1, 0.15) is 32.1 Å². The highest BCUT2D eigenvalue weighted by molar-refractivity contribution is 6.40. The third-order valence-electron chi connectivity index (χ3n) is 3.64. The van der Waals surface area contributed by atoms with Gasteiger partial charge in [0.25, 0.3) is 0 Å². The van der Waals surface area contributed by atoms with Crippen molar-refractivity contribution >= 4 is 7.12 Å². The molecule has 0 amide bonds. The first-order valence-corrected chi connectivity index (χ1v) is 5.19. The second kappa shape index (κ2) is 3.26. The quantitative estimate of drug-likeness (QED) is 0.556. The van der Waals surface area contributed by atoms with Crippen LogP contribution in [0.25, 0.3) is 0 Å². The largest absolute Gasteiger partial charge is 0.451 e. The monoisotopic (exact) mass is 184 g/mol. The second-order valence-electron chi connectivity index (χ2n) is 4.70. The van der Waals surface area contributed by atoms with Gasteiger partial charge in [0.15, 0.2) is 0 Å². The summed E-state index contributed by atoms with van der Waals surface area (Å²) in [6, 6.07) is 0. The third kappa shape index (κ3) is 2.06. The van der Waals surface area contributed by atoms with Gasteiger partial charge in [0.2, 0.25) is 0 Å². The van der Waals surface area contributed by atoms with Crippen molar-refractivity contribution in [2.75, 3.05) is 0 Å². The smallest absolute Gasteiger partial charge is 0.427 e. The molecule has 0 aromatic carbocycles. The molecule has 0 bridgehead atoms. The average molecular weight is 184 g/mol. The highest BCUT2D eigenvalue weighted by Gasteiger charge is 2.55. The van der Waals surface area contributed by atoms with Crippen LogP contribution in [0.3, 0.4) is 0 Å². The van der Waals surface area contributed by atoms with Crippen molar-refractivity contribution in [1.82, 2.24) is 0 Å². The van der Waals surface area contributed by atoms with E-state index in [4.69, 9.17) is 10.0 Å². The van der Waals surface area contributed by atoms with Gasteiger partial charge < -0.3 is 15.2 Å². The summed E-state index contributed by atoms with van der Waals surface area (Å²) in [5.74, 6) is 1.12. The van der Waals surface area contributed by atoms with Crippen molar-refractivity contribution in [3.05, 3.63) is 0 Å². The van der Waals surface area contributed by atoms with Crippen LogP contribution in [0.4, 0.5) is 0 Å². The van der Waals surface area contributed by atoms with Crippen LogP contribution in [0, 0.1) is 11.8 Å². The lowest BCUT2D eigenvalue weighted by Gasteiger charge is -2.24. The predicted octanol–water partition coefficient (Wildman–Crippen LogP) is 0.400. The van der Waals surface area contributed by atoms with E-state index in [2.05, 4.69) is 0 Å². The zero-order chi connectivity index (χ0) is 9.47. The minimum absolute atomic E-state index is 0.311. The molecule has 3 N–H and O–H groups in total. The predicted molar refractivity (Wildman–Crippen MR) is 50.0 cm³/mol. The van der Waals surface area contributed by atoms with Gasteiger partial charge in [-0.2, -0.15) is 0 Å². The van der Waals surface area contributed by atoms with Crippen LogP contribution in [0.15, 0.2) is 0 Å². The highest BCUT2D eigenvalue weighted by Crippen LogP contribution is 2.55. The van der Waals surface area contributed by atoms with E-state index in [-0.39, 0.29) is 5.60 Å². The SMILES string of the molecule is OB(O)CC[C@@H]1CC[C@]2(O)CC2C1. The summed E-state index contributed by atoms with van der Waals surface area (Å²) in [7, 11) is -1.15. The Morgan fingerprint density at radius 1 is 1.38 bits per heavy atom. The lowest BCUT2D eigenvalue weighted by Crippen LogP contribution is -2.22. The minimum atomic E-state index is -1.15. The molecule has 4 heteroatoms. The number of rotatable bonds is 3. The first kappa shape index (κ1) is 9.50. The van der Waals surface area contributed by atoms with E-state index in [1.54, 1.807) is 0 Å². The Hall–Kier alpha value is -0.0551. The van der Waals surface area contributed by atoms with Gasteiger partial charge in [0.05, 0.1) is 5.60 Å². The summed E-state index contributed by atoms with van der Waals surface area (Å²) in [6.45, 7) is 0. The molecule has 74 valence electrons. The summed E-state index contributed by atoms with van der Waals surface area (Å²) in [5.41, 5.74) is -0.311. The van der Waals surface area contributed by atoms with E-state index >= 15 is 0 Å². The molecule has 0 aliphatic heterocycles. The Bertz CT molecular complexity index is 197. The van der Waals surface area contributed by atoms with E-state index in [9.17, 15) is 5.11 Å². The van der Waals surface area contributed by atoms with Crippen LogP contribution >= 0.6 is 0 Å². The first-order chi connectivity index (χ1) is 6.10. The molecule has 0 aromatic rings. The minimum Gasteiger partial charge on any atom is -0.427 e. The number of hydrogen-bond acceptors (Lipinski definition) is 3. The Labute approximate surface area is 78.9 Å². The summed E-state index contributed by atoms with van der Waals surface area (Å²) in [6.07, 6.45) is 5.41. The molecule has 0 radical (unpaired) electrons. The van der Waals surface area contributed by atoms with E-state index in [1.807, 2.05) is 0 Å². The van der Waals surface area contributed by atoms with Crippen LogP contribution in [0.5, 0.6) is 0 Å². The van der Waals surface area contributed by atoms with Crippen molar-refractivity contribution in [3.8, 4) is 0 Å². The first-order valence-electron chi connectivity index (χ1n) is 5.19. The van der Waals surface area contributed by atoms with Gasteiger partial charge in [0.1, 0.15) is 0 Å². The molecule has 2 aliphatic carbocycles. The van der Waals surface area contributed by atoms with Crippen molar-refractivity contribution in [3.63, 3.8) is 0 Å². The average Bonchev–Trinajstić information content (AvgIpc) is 2.72. The lowest BCUT2D eigenvalue weighted by atomic mass is 9.76. The van der Waals surface area contributed by atoms with Gasteiger partial charge in [-0.15, -0.1) is 0 Å². The van der Waals surface area contributed by atoms with Gasteiger partial charge in [-0.1, -0.05) is 6.42 Å². The molecule has 2 saturated carbocycles. The second-order valence-corrected chi connectivity index (χ2v) is 4.70. The zero-order valence-electron chi connectivity index (χ0n) is 7.82. The lowest BCUT2D eigenvalue weighted by molar-refractivity contribution is 0.0837. The Balaban J connectivity index is 1.72. The molecule has 0 heterocycles. The van der Waals surface area contributed by atoms with Gasteiger partial charge in [-0.25, -0.2) is 0 Å². The van der Waals surface area contributed by atoms with Crippen LogP contribution < -0.4 is 0 Å². The molecule has 3 nitrogen and oxygen atoms in total. The molecule has 1 unspecified atom stereocenters. The third-order valence-corrected chi connectivity index (χ3v) is 3.64. The number of hydrogen-bond donors (Lipinski definition) is 3. The summed E-state index contributed by atoms with van der Waals surface area (Å²) in [4.78, 5) is 0. The van der Waals surface area contributed by atoms with Crippen LogP contribution in [-0.2, 0) is 0 Å². The molecular formula is C9H17BO3. The maximum Gasteiger partial charge on any atom is 0.451 e. The topological polar surface area (TPSA) is 60.7 Å². The maximum absolute atomic E-state index is 9.74. The fraction of sp³-hybridized carbons (Fsp3) is 1.00. The van der Waals surface area contributed by atoms with Crippen LogP contribution in [0.2, 0.25) is 6.32 Å². The Morgan fingerprint density at radius 2 is 2.15 bits per heavy atom. The van der Waals surface area contributed by atoms with Crippen molar-refractivity contribution < 1.29 is 15.2 Å². The molecule has 2 aliphatic rings. The van der Waals surface area contributed by atoms with Gasteiger partial charge in [-0.3, -0.25) is 0 Å². The van der Waals surface area contributed by atoms with Gasteiger partial charge in [0, 0.05) is 0 Å². The molecule has 2 rings (SSSR count). The Morgan fingerprint density at radius 3 is 2.77 bits per heavy atom. The van der Waals surface area contributed by atoms with Crippen molar-refractivity contribution in [2.45, 2.75) is 44.0 Å². The van der Waals surface area contributed by atoms with E-state index in [0.717, 1.165) is 32.1 Å². The fourth-order valence-electron chi connectivity index (χ4n) is 2.60. The molecule has 0 saturated heterocycles. The maximum atomic E-state index is 9.74. The van der Waals surface area contributed by atoms with Crippen LogP contribution in [-0.4, -0.2) is 27.9 Å². The summed E-state index contributed by atoms with van der Waals surface area (Å²) >= 11 is 0. The summed E-state index contributed by atoms with van der Waals surface area (Å²) < 4.78 is 0. The van der Waals surface area contributed by atoms with E-state index < -0.39 is 7.12 Å². The molecule has 0 aromatic heterocycles. The molecule has 0 spiro atoms. The number of fused-ring (bicyclic) bond motifs is 1. The standard InChI is InChI=1S/C9H17BO3/c11-9-3-1-7(2-4-10(12)13)5-8(9)6-9/h7-8,11-13H,1-6H2/t7-,8?,9-/m0/s1. The van der Waals surface area contributed by atoms with Crippen molar-refractivity contribution in [2.24, 2.45) is 11.8 Å². The molecule has 13 heavy (non-hydrogen) atoms. The Kier molecular flexibility index (Phi) is 2.38. The van der Waals surface area contributed by atoms with E-state index in [0.29, 0.717) is 18.2 Å². The molecule has 3 atom stereocenters. The van der Waals surface area contributed by atoms with Crippen molar-refractivity contribution in [1.29, 1.82) is 0 Å².